The number of nitrogens with zero attached hydrogens (tertiary/aromatic N) is 3. The highest BCUT2D eigenvalue weighted by molar-refractivity contribution is 5.99. The predicted molar refractivity (Wildman–Crippen MR) is 93.1 cm³/mol. The molecule has 128 valence electrons. The average Bonchev–Trinajstić information content (AvgIpc) is 3.01. The first-order chi connectivity index (χ1) is 11.6. The van der Waals surface area contributed by atoms with E-state index in [0.29, 0.717) is 23.2 Å². The van der Waals surface area contributed by atoms with Crippen molar-refractivity contribution in [3.63, 3.8) is 0 Å². The van der Waals surface area contributed by atoms with E-state index < -0.39 is 0 Å². The number of aryl methyl sites for hydroxylation is 1. The summed E-state index contributed by atoms with van der Waals surface area (Å²) >= 11 is 0. The number of nitrogens with one attached hydrogen (secondary N) is 1. The fraction of sp³-hybridized carbons (Fsp3) is 0.632. The lowest BCUT2D eigenvalue weighted by molar-refractivity contribution is 0.0924. The van der Waals surface area contributed by atoms with E-state index in [4.69, 9.17) is 0 Å². The highest BCUT2D eigenvalue weighted by Gasteiger charge is 2.24. The molecule has 2 heterocycles. The van der Waals surface area contributed by atoms with Crippen LogP contribution in [0.2, 0.25) is 0 Å². The van der Waals surface area contributed by atoms with Crippen molar-refractivity contribution in [3.05, 3.63) is 29.2 Å². The first-order valence-electron chi connectivity index (χ1n) is 9.27. The molecule has 2 aliphatic carbocycles. The fourth-order valence-electron chi connectivity index (χ4n) is 4.14. The summed E-state index contributed by atoms with van der Waals surface area (Å²) in [5.41, 5.74) is 3.81. The van der Waals surface area contributed by atoms with Crippen LogP contribution < -0.4 is 5.32 Å². The molecular formula is C19H26N4O. The maximum Gasteiger partial charge on any atom is 0.256 e. The van der Waals surface area contributed by atoms with Crippen molar-refractivity contribution in [2.45, 2.75) is 64.8 Å². The zero-order chi connectivity index (χ0) is 16.7. The lowest BCUT2D eigenvalue weighted by Gasteiger charge is -2.26. The molecule has 0 aromatic carbocycles. The fourth-order valence-corrected chi connectivity index (χ4v) is 4.14. The van der Waals surface area contributed by atoms with Crippen LogP contribution in [0.3, 0.4) is 0 Å². The third kappa shape index (κ3) is 2.80. The summed E-state index contributed by atoms with van der Waals surface area (Å²) in [6.07, 6.45) is 11.4. The van der Waals surface area contributed by atoms with Crippen molar-refractivity contribution in [1.82, 2.24) is 19.9 Å². The Bertz CT molecular complexity index is 758. The molecule has 2 aromatic rings. The van der Waals surface area contributed by atoms with E-state index in [0.717, 1.165) is 31.6 Å². The minimum absolute atomic E-state index is 0.0267. The van der Waals surface area contributed by atoms with Gasteiger partial charge in [-0.05, 0) is 62.3 Å². The summed E-state index contributed by atoms with van der Waals surface area (Å²) in [6.45, 7) is 4.57. The van der Waals surface area contributed by atoms with Crippen LogP contribution >= 0.6 is 0 Å². The monoisotopic (exact) mass is 326 g/mol. The summed E-state index contributed by atoms with van der Waals surface area (Å²) in [4.78, 5) is 17.2. The number of fused-ring (bicyclic) bond motifs is 3. The molecule has 1 amide bonds. The molecule has 0 bridgehead atoms. The van der Waals surface area contributed by atoms with Gasteiger partial charge in [-0.3, -0.25) is 4.79 Å². The van der Waals surface area contributed by atoms with Gasteiger partial charge < -0.3 is 5.32 Å². The van der Waals surface area contributed by atoms with E-state index in [9.17, 15) is 4.79 Å². The molecule has 1 fully saturated rings. The van der Waals surface area contributed by atoms with Gasteiger partial charge in [0.2, 0.25) is 0 Å². The van der Waals surface area contributed by atoms with Crippen molar-refractivity contribution < 1.29 is 4.79 Å². The number of carbonyl (C=O) groups is 1. The van der Waals surface area contributed by atoms with E-state index in [1.54, 1.807) is 6.20 Å². The molecule has 5 heteroatoms. The van der Waals surface area contributed by atoms with Gasteiger partial charge in [0.05, 0.1) is 6.20 Å². The maximum atomic E-state index is 12.7. The number of rotatable bonds is 2. The lowest BCUT2D eigenvalue weighted by atomic mass is 9.87. The minimum atomic E-state index is -0.0267. The Labute approximate surface area is 142 Å². The molecule has 1 N–H and O–H groups in total. The van der Waals surface area contributed by atoms with Crippen LogP contribution in [0.5, 0.6) is 0 Å². The zero-order valence-electron chi connectivity index (χ0n) is 14.6. The van der Waals surface area contributed by atoms with E-state index in [-0.39, 0.29) is 5.91 Å². The van der Waals surface area contributed by atoms with Gasteiger partial charge in [0, 0.05) is 17.9 Å². The molecule has 0 radical (unpaired) electrons. The van der Waals surface area contributed by atoms with Gasteiger partial charge in [-0.2, -0.15) is 5.10 Å². The zero-order valence-corrected chi connectivity index (χ0v) is 14.6. The Morgan fingerprint density at radius 3 is 2.71 bits per heavy atom. The molecule has 0 aliphatic heterocycles. The van der Waals surface area contributed by atoms with Crippen LogP contribution in [-0.2, 0) is 12.8 Å². The van der Waals surface area contributed by atoms with Gasteiger partial charge in [0.25, 0.3) is 5.91 Å². The first-order valence-corrected chi connectivity index (χ1v) is 9.27. The topological polar surface area (TPSA) is 59.3 Å². The number of hydrogen-bond acceptors (Lipinski definition) is 3. The Morgan fingerprint density at radius 2 is 1.92 bits per heavy atom. The van der Waals surface area contributed by atoms with Crippen LogP contribution in [0.15, 0.2) is 12.4 Å². The molecule has 0 saturated heterocycles. The second-order valence-corrected chi connectivity index (χ2v) is 7.80. The van der Waals surface area contributed by atoms with Crippen molar-refractivity contribution in [3.8, 4) is 0 Å². The molecule has 2 aliphatic rings. The highest BCUT2D eigenvalue weighted by atomic mass is 16.1. The van der Waals surface area contributed by atoms with Gasteiger partial charge in [0.1, 0.15) is 5.56 Å². The molecule has 4 rings (SSSR count). The first kappa shape index (κ1) is 15.6. The Kier molecular flexibility index (Phi) is 4.02. The van der Waals surface area contributed by atoms with Gasteiger partial charge in [-0.1, -0.05) is 13.8 Å². The van der Waals surface area contributed by atoms with Crippen LogP contribution in [0.4, 0.5) is 0 Å². The van der Waals surface area contributed by atoms with Crippen molar-refractivity contribution >= 4 is 11.6 Å². The van der Waals surface area contributed by atoms with Gasteiger partial charge in [-0.25, -0.2) is 9.50 Å². The molecule has 0 unspecified atom stereocenters. The second kappa shape index (κ2) is 6.19. The Hall–Kier alpha value is -1.91. The number of amides is 1. The summed E-state index contributed by atoms with van der Waals surface area (Å²) in [7, 11) is 0. The Morgan fingerprint density at radius 1 is 1.12 bits per heavy atom. The molecule has 1 saturated carbocycles. The van der Waals surface area contributed by atoms with E-state index >= 15 is 0 Å². The number of aromatic nitrogens is 3. The normalized spacial score (nSPS) is 27.0. The van der Waals surface area contributed by atoms with E-state index in [1.165, 1.54) is 30.5 Å². The average molecular weight is 326 g/mol. The van der Waals surface area contributed by atoms with Gasteiger partial charge in [-0.15, -0.1) is 0 Å². The quantitative estimate of drug-likeness (QED) is 0.922. The number of hydrogen-bond donors (Lipinski definition) is 1. The largest absolute Gasteiger partial charge is 0.349 e. The second-order valence-electron chi connectivity index (χ2n) is 7.80. The minimum Gasteiger partial charge on any atom is -0.349 e. The van der Waals surface area contributed by atoms with Crippen LogP contribution in [0.1, 0.15) is 67.6 Å². The third-order valence-electron chi connectivity index (χ3n) is 5.75. The molecule has 24 heavy (non-hydrogen) atoms. The third-order valence-corrected chi connectivity index (χ3v) is 5.75. The standard InChI is InChI=1S/C19H26N4O/c1-12-3-6-15(7-4-12)22-19(24)16-11-21-23-17-8-5-13(2)9-14(17)10-20-18(16)23/h10-13,15H,3-9H2,1-2H3,(H,22,24)/t12?,13-,15?/m0/s1. The SMILES string of the molecule is CC1CCC(NC(=O)c2cnn3c4c(cnc23)C[C@@H](C)CC4)CC1. The van der Waals surface area contributed by atoms with Crippen LogP contribution in [-0.4, -0.2) is 26.5 Å². The molecule has 5 nitrogen and oxygen atoms in total. The van der Waals surface area contributed by atoms with E-state index in [2.05, 4.69) is 29.2 Å². The van der Waals surface area contributed by atoms with E-state index in [1.807, 2.05) is 10.7 Å². The predicted octanol–water partition coefficient (Wildman–Crippen LogP) is 3.16. The summed E-state index contributed by atoms with van der Waals surface area (Å²) in [5, 5.41) is 7.67. The molecule has 2 aromatic heterocycles. The molecule has 0 spiro atoms. The maximum absolute atomic E-state index is 12.7. The van der Waals surface area contributed by atoms with Crippen LogP contribution in [0, 0.1) is 11.8 Å². The van der Waals surface area contributed by atoms with Gasteiger partial charge >= 0.3 is 0 Å². The van der Waals surface area contributed by atoms with Crippen molar-refractivity contribution in [2.75, 3.05) is 0 Å². The van der Waals surface area contributed by atoms with Crippen molar-refractivity contribution in [2.24, 2.45) is 11.8 Å². The highest BCUT2D eigenvalue weighted by Crippen LogP contribution is 2.26. The molecule has 1 atom stereocenters. The summed E-state index contributed by atoms with van der Waals surface area (Å²) < 4.78 is 1.89. The van der Waals surface area contributed by atoms with Crippen LogP contribution in [0.25, 0.3) is 5.65 Å². The smallest absolute Gasteiger partial charge is 0.256 e. The molecular weight excluding hydrogens is 300 g/mol. The lowest BCUT2D eigenvalue weighted by Crippen LogP contribution is -2.37. The summed E-state index contributed by atoms with van der Waals surface area (Å²) in [5.74, 6) is 1.45. The summed E-state index contributed by atoms with van der Waals surface area (Å²) in [6, 6.07) is 0.294. The Balaban J connectivity index is 1.57. The van der Waals surface area contributed by atoms with Gasteiger partial charge in [0.15, 0.2) is 5.65 Å². The number of carbonyl (C=O) groups excluding carboxylic acids is 1. The van der Waals surface area contributed by atoms with Crippen molar-refractivity contribution in [1.29, 1.82) is 0 Å².